The number of aromatic nitrogens is 2. The van der Waals surface area contributed by atoms with Crippen molar-refractivity contribution >= 4 is 23.3 Å². The summed E-state index contributed by atoms with van der Waals surface area (Å²) in [5.74, 6) is 1.65. The first-order valence-corrected chi connectivity index (χ1v) is 10.2. The van der Waals surface area contributed by atoms with Crippen LogP contribution in [0.2, 0.25) is 5.02 Å². The number of nitrogens with one attached hydrogen (secondary N) is 1. The molecule has 0 atom stereocenters. The summed E-state index contributed by atoms with van der Waals surface area (Å²) in [4.78, 5) is 12.5. The van der Waals surface area contributed by atoms with Crippen molar-refractivity contribution in [3.63, 3.8) is 0 Å². The number of rotatable bonds is 7. The second-order valence-corrected chi connectivity index (χ2v) is 7.74. The number of carbonyl (C=O) groups is 1. The van der Waals surface area contributed by atoms with Gasteiger partial charge in [-0.1, -0.05) is 35.9 Å². The Kier molecular flexibility index (Phi) is 6.09. The van der Waals surface area contributed by atoms with Gasteiger partial charge in [0.25, 0.3) is 5.91 Å². The quantitative estimate of drug-likeness (QED) is 0.408. The molecule has 2 heterocycles. The fraction of sp³-hybridized carbons (Fsp3) is 0.167. The first-order chi connectivity index (χ1) is 15.0. The van der Waals surface area contributed by atoms with Gasteiger partial charge >= 0.3 is 0 Å². The SMILES string of the molecule is Cc1ccc(C)c(OCc2ccc(C(=O)Nc3ccn(Cc4ccc(Cl)cc4)n3)o2)c1. The van der Waals surface area contributed by atoms with Crippen molar-refractivity contribution in [3.05, 3.63) is 100 Å². The van der Waals surface area contributed by atoms with Crippen LogP contribution in [0.15, 0.2) is 71.3 Å². The summed E-state index contributed by atoms with van der Waals surface area (Å²) < 4.78 is 13.2. The fourth-order valence-electron chi connectivity index (χ4n) is 3.06. The van der Waals surface area contributed by atoms with E-state index in [1.54, 1.807) is 29.1 Å². The number of hydrogen-bond acceptors (Lipinski definition) is 4. The molecule has 7 heteroatoms. The van der Waals surface area contributed by atoms with E-state index < -0.39 is 0 Å². The van der Waals surface area contributed by atoms with Gasteiger partial charge in [0.2, 0.25) is 0 Å². The first kappa shape index (κ1) is 20.8. The van der Waals surface area contributed by atoms with Crippen molar-refractivity contribution in [1.29, 1.82) is 0 Å². The molecule has 4 rings (SSSR count). The zero-order valence-corrected chi connectivity index (χ0v) is 18.0. The van der Waals surface area contributed by atoms with Crippen LogP contribution in [-0.4, -0.2) is 15.7 Å². The standard InChI is InChI=1S/C24H22ClN3O3/c1-16-3-4-17(2)22(13-16)30-15-20-9-10-21(31-20)24(29)26-23-11-12-28(27-23)14-18-5-7-19(25)8-6-18/h3-13H,14-15H2,1-2H3,(H,26,27,29). The number of anilines is 1. The molecule has 0 unspecified atom stereocenters. The average Bonchev–Trinajstić information content (AvgIpc) is 3.40. The molecule has 4 aromatic rings. The van der Waals surface area contributed by atoms with E-state index >= 15 is 0 Å². The number of nitrogens with zero attached hydrogens (tertiary/aromatic N) is 2. The maximum atomic E-state index is 12.5. The predicted octanol–water partition coefficient (Wildman–Crippen LogP) is 5.63. The number of benzene rings is 2. The van der Waals surface area contributed by atoms with Crippen molar-refractivity contribution in [2.75, 3.05) is 5.32 Å². The predicted molar refractivity (Wildman–Crippen MR) is 120 cm³/mol. The van der Waals surface area contributed by atoms with Crippen LogP contribution in [0.3, 0.4) is 0 Å². The van der Waals surface area contributed by atoms with Crippen LogP contribution in [0, 0.1) is 13.8 Å². The third-order valence-corrected chi connectivity index (χ3v) is 4.99. The molecule has 2 aromatic heterocycles. The van der Waals surface area contributed by atoms with Crippen molar-refractivity contribution in [3.8, 4) is 5.75 Å². The van der Waals surface area contributed by atoms with Crippen LogP contribution in [0.25, 0.3) is 0 Å². The highest BCUT2D eigenvalue weighted by atomic mass is 35.5. The number of amides is 1. The lowest BCUT2D eigenvalue weighted by atomic mass is 10.1. The highest BCUT2D eigenvalue weighted by molar-refractivity contribution is 6.30. The molecule has 0 aliphatic carbocycles. The van der Waals surface area contributed by atoms with Gasteiger partial charge in [-0.2, -0.15) is 5.10 Å². The zero-order chi connectivity index (χ0) is 21.8. The topological polar surface area (TPSA) is 69.3 Å². The molecule has 6 nitrogen and oxygen atoms in total. The van der Waals surface area contributed by atoms with Gasteiger partial charge in [0, 0.05) is 17.3 Å². The van der Waals surface area contributed by atoms with Crippen molar-refractivity contribution in [2.24, 2.45) is 0 Å². The molecule has 1 N–H and O–H groups in total. The lowest BCUT2D eigenvalue weighted by Crippen LogP contribution is -2.12. The van der Waals surface area contributed by atoms with E-state index in [2.05, 4.69) is 10.4 Å². The summed E-state index contributed by atoms with van der Waals surface area (Å²) in [6.45, 7) is 4.82. The van der Waals surface area contributed by atoms with Gasteiger partial charge in [-0.25, -0.2) is 0 Å². The Bertz CT molecular complexity index is 1200. The monoisotopic (exact) mass is 435 g/mol. The number of ether oxygens (including phenoxy) is 1. The Morgan fingerprint density at radius 1 is 1.10 bits per heavy atom. The van der Waals surface area contributed by atoms with Crippen molar-refractivity contribution < 1.29 is 13.9 Å². The van der Waals surface area contributed by atoms with Gasteiger partial charge in [-0.3, -0.25) is 9.48 Å². The molecular formula is C24H22ClN3O3. The Labute approximate surface area is 185 Å². The average molecular weight is 436 g/mol. The van der Waals surface area contributed by atoms with Gasteiger partial charge < -0.3 is 14.5 Å². The maximum absolute atomic E-state index is 12.5. The van der Waals surface area contributed by atoms with E-state index in [0.717, 1.165) is 22.4 Å². The highest BCUT2D eigenvalue weighted by Crippen LogP contribution is 2.21. The molecule has 0 aliphatic rings. The van der Waals surface area contributed by atoms with E-state index in [1.807, 2.05) is 56.3 Å². The molecular weight excluding hydrogens is 414 g/mol. The third-order valence-electron chi connectivity index (χ3n) is 4.74. The Balaban J connectivity index is 1.34. The number of carbonyl (C=O) groups excluding carboxylic acids is 1. The number of furan rings is 1. The van der Waals surface area contributed by atoms with Gasteiger partial charge in [-0.15, -0.1) is 0 Å². The minimum Gasteiger partial charge on any atom is -0.485 e. The summed E-state index contributed by atoms with van der Waals surface area (Å²) in [5, 5.41) is 7.82. The lowest BCUT2D eigenvalue weighted by Gasteiger charge is -2.08. The lowest BCUT2D eigenvalue weighted by molar-refractivity contribution is 0.0992. The molecule has 0 aliphatic heterocycles. The van der Waals surface area contributed by atoms with Crippen molar-refractivity contribution in [1.82, 2.24) is 9.78 Å². The number of hydrogen-bond donors (Lipinski definition) is 1. The Morgan fingerprint density at radius 3 is 2.71 bits per heavy atom. The van der Waals surface area contributed by atoms with Crippen LogP contribution >= 0.6 is 11.6 Å². The minimum absolute atomic E-state index is 0.201. The molecule has 0 saturated heterocycles. The second-order valence-electron chi connectivity index (χ2n) is 7.30. The Hall–Kier alpha value is -3.51. The van der Waals surface area contributed by atoms with Gasteiger partial charge in [-0.05, 0) is 60.9 Å². The smallest absolute Gasteiger partial charge is 0.292 e. The van der Waals surface area contributed by atoms with Crippen LogP contribution in [-0.2, 0) is 13.2 Å². The molecule has 0 bridgehead atoms. The normalized spacial score (nSPS) is 10.8. The third kappa shape index (κ3) is 5.35. The highest BCUT2D eigenvalue weighted by Gasteiger charge is 2.14. The maximum Gasteiger partial charge on any atom is 0.292 e. The molecule has 31 heavy (non-hydrogen) atoms. The van der Waals surface area contributed by atoms with Crippen LogP contribution in [0.4, 0.5) is 5.82 Å². The van der Waals surface area contributed by atoms with E-state index in [1.165, 1.54) is 0 Å². The molecule has 158 valence electrons. The van der Waals surface area contributed by atoms with Crippen LogP contribution in [0.5, 0.6) is 5.75 Å². The number of aryl methyl sites for hydroxylation is 2. The summed E-state index contributed by atoms with van der Waals surface area (Å²) in [6, 6.07) is 18.7. The molecule has 0 fully saturated rings. The summed E-state index contributed by atoms with van der Waals surface area (Å²) in [7, 11) is 0. The van der Waals surface area contributed by atoms with E-state index in [0.29, 0.717) is 23.1 Å². The fourth-order valence-corrected chi connectivity index (χ4v) is 3.19. The van der Waals surface area contributed by atoms with Gasteiger partial charge in [0.15, 0.2) is 11.6 Å². The second kappa shape index (κ2) is 9.10. The van der Waals surface area contributed by atoms with Crippen LogP contribution < -0.4 is 10.1 Å². The van der Waals surface area contributed by atoms with E-state index in [-0.39, 0.29) is 18.3 Å². The summed E-state index contributed by atoms with van der Waals surface area (Å²) in [5.41, 5.74) is 3.23. The molecule has 0 radical (unpaired) electrons. The van der Waals surface area contributed by atoms with Crippen LogP contribution in [0.1, 0.15) is 33.0 Å². The number of halogens is 1. The minimum atomic E-state index is -0.366. The molecule has 2 aromatic carbocycles. The van der Waals surface area contributed by atoms with Crippen molar-refractivity contribution in [2.45, 2.75) is 27.0 Å². The largest absolute Gasteiger partial charge is 0.485 e. The molecule has 0 saturated carbocycles. The van der Waals surface area contributed by atoms with Gasteiger partial charge in [0.1, 0.15) is 18.1 Å². The van der Waals surface area contributed by atoms with Gasteiger partial charge in [0.05, 0.1) is 6.54 Å². The first-order valence-electron chi connectivity index (χ1n) is 9.84. The zero-order valence-electron chi connectivity index (χ0n) is 17.3. The molecule has 0 spiro atoms. The summed E-state index contributed by atoms with van der Waals surface area (Å²) in [6.07, 6.45) is 1.80. The van der Waals surface area contributed by atoms with E-state index in [9.17, 15) is 4.79 Å². The summed E-state index contributed by atoms with van der Waals surface area (Å²) >= 11 is 5.91. The van der Waals surface area contributed by atoms with E-state index in [4.69, 9.17) is 20.8 Å². The molecule has 1 amide bonds. The Morgan fingerprint density at radius 2 is 1.90 bits per heavy atom.